The summed E-state index contributed by atoms with van der Waals surface area (Å²) in [7, 11) is 2.01. The van der Waals surface area contributed by atoms with Crippen molar-refractivity contribution in [1.82, 2.24) is 5.32 Å². The number of nitrogens with one attached hydrogen (secondary N) is 2. The minimum Gasteiger partial charge on any atom is -0.497 e. The molecule has 146 valence electrons. The smallest absolute Gasteiger partial charge is 0.340 e. The summed E-state index contributed by atoms with van der Waals surface area (Å²) in [5.41, 5.74) is 1.22. The molecule has 0 aromatic heterocycles. The van der Waals surface area contributed by atoms with E-state index >= 15 is 0 Å². The number of benzene rings is 1. The van der Waals surface area contributed by atoms with Crippen LogP contribution >= 0.6 is 0 Å². The van der Waals surface area contributed by atoms with E-state index in [4.69, 9.17) is 9.47 Å². The van der Waals surface area contributed by atoms with Gasteiger partial charge in [-0.25, -0.2) is 4.79 Å². The summed E-state index contributed by atoms with van der Waals surface area (Å²) in [6.45, 7) is 3.61. The third-order valence-electron chi connectivity index (χ3n) is 3.64. The molecule has 1 fully saturated rings. The third-order valence-corrected chi connectivity index (χ3v) is 5.41. The van der Waals surface area contributed by atoms with Crippen LogP contribution in [0.1, 0.15) is 30.6 Å². The second kappa shape index (κ2) is 9.26. The van der Waals surface area contributed by atoms with E-state index in [1.54, 1.807) is 26.0 Å². The van der Waals surface area contributed by atoms with Gasteiger partial charge in [0.05, 0.1) is 31.3 Å². The average Bonchev–Trinajstić information content (AvgIpc) is 2.99. The number of hydrogen-bond acceptors (Lipinski definition) is 6. The van der Waals surface area contributed by atoms with E-state index in [0.717, 1.165) is 5.71 Å². The van der Waals surface area contributed by atoms with Gasteiger partial charge in [-0.15, -0.1) is 4.47 Å². The zero-order chi connectivity index (χ0) is 20.0. The Kier molecular flexibility index (Phi) is 7.05. The van der Waals surface area contributed by atoms with Crippen molar-refractivity contribution >= 4 is 39.9 Å². The van der Waals surface area contributed by atoms with Crippen LogP contribution in [0.3, 0.4) is 0 Å². The maximum absolute atomic E-state index is 12.5. The van der Waals surface area contributed by atoms with Gasteiger partial charge in [-0.2, -0.15) is 5.10 Å². The molecule has 1 aromatic rings. The first-order chi connectivity index (χ1) is 12.8. The van der Waals surface area contributed by atoms with Crippen LogP contribution in [0.25, 0.3) is 0 Å². The summed E-state index contributed by atoms with van der Waals surface area (Å²) in [5.74, 6) is -0.424. The molecule has 1 saturated heterocycles. The van der Waals surface area contributed by atoms with Crippen LogP contribution in [-0.2, 0) is 25.0 Å². The van der Waals surface area contributed by atoms with Gasteiger partial charge in [0, 0.05) is 12.1 Å². The molecule has 10 heteroatoms. The van der Waals surface area contributed by atoms with Crippen LogP contribution in [-0.4, -0.2) is 48.8 Å². The van der Waals surface area contributed by atoms with E-state index in [1.807, 2.05) is 0 Å². The first kappa shape index (κ1) is 20.6. The zero-order valence-electron chi connectivity index (χ0n) is 15.6. The van der Waals surface area contributed by atoms with E-state index in [0.29, 0.717) is 11.6 Å². The van der Waals surface area contributed by atoms with Crippen molar-refractivity contribution in [2.24, 2.45) is 9.57 Å². The molecule has 1 aliphatic rings. The minimum absolute atomic E-state index is 0.0661. The van der Waals surface area contributed by atoms with E-state index < -0.39 is 27.8 Å². The van der Waals surface area contributed by atoms with Crippen LogP contribution in [0.2, 0.25) is 0 Å². The normalized spacial score (nSPS) is 18.6. The highest BCUT2D eigenvalue weighted by molar-refractivity contribution is 7.89. The van der Waals surface area contributed by atoms with Crippen molar-refractivity contribution < 1.29 is 23.9 Å². The second-order valence-corrected chi connectivity index (χ2v) is 7.68. The van der Waals surface area contributed by atoms with Crippen LogP contribution in [0.4, 0.5) is 5.69 Å². The highest BCUT2D eigenvalue weighted by Gasteiger charge is 2.32. The topological polar surface area (TPSA) is 118 Å². The molecule has 2 rings (SSSR count). The van der Waals surface area contributed by atoms with Crippen LogP contribution in [0.15, 0.2) is 27.8 Å². The number of methoxy groups -OCH3 is 2. The zero-order valence-corrected chi connectivity index (χ0v) is 16.4. The molecule has 0 radical (unpaired) electrons. The standard InChI is InChI=1S/C17H22N4O5S/c1-10(2)20-21-27-9-18-16(23)14(27)8-15(22)19-13-6-5-11(25-3)7-12(13)17(24)26-4/h5-7,14H,8-9H2,1-4H3,(H,18,23)(H,19,22). The minimum atomic E-state index is -0.711. The largest absolute Gasteiger partial charge is 0.497 e. The Balaban J connectivity index is 2.17. The van der Waals surface area contributed by atoms with Crippen molar-refractivity contribution in [3.8, 4) is 5.75 Å². The molecule has 27 heavy (non-hydrogen) atoms. The highest BCUT2D eigenvalue weighted by atomic mass is 32.2. The monoisotopic (exact) mass is 394 g/mol. The quantitative estimate of drug-likeness (QED) is 0.430. The number of nitrogens with zero attached hydrogens (tertiary/aromatic N) is 2. The molecule has 9 nitrogen and oxygen atoms in total. The number of rotatable bonds is 6. The number of esters is 1. The molecule has 0 saturated carbocycles. The van der Waals surface area contributed by atoms with Crippen molar-refractivity contribution in [2.45, 2.75) is 25.5 Å². The summed E-state index contributed by atoms with van der Waals surface area (Å²) in [4.78, 5) is 36.5. The maximum atomic E-state index is 12.5. The van der Waals surface area contributed by atoms with Gasteiger partial charge in [-0.1, -0.05) is 0 Å². The lowest BCUT2D eigenvalue weighted by Crippen LogP contribution is -2.29. The lowest BCUT2D eigenvalue weighted by molar-refractivity contribution is -0.123. The van der Waals surface area contributed by atoms with Gasteiger partial charge in [-0.05, 0) is 42.7 Å². The first-order valence-corrected chi connectivity index (χ1v) is 9.52. The molecule has 2 N–H and O–H groups in total. The molecule has 2 amide bonds. The number of carbonyl (C=O) groups excluding carboxylic acids is 3. The van der Waals surface area contributed by atoms with Crippen LogP contribution in [0, 0.1) is 0 Å². The Morgan fingerprint density at radius 2 is 2.07 bits per heavy atom. The summed E-state index contributed by atoms with van der Waals surface area (Å²) < 4.78 is 14.0. The third kappa shape index (κ3) is 5.36. The molecule has 1 aliphatic heterocycles. The summed E-state index contributed by atoms with van der Waals surface area (Å²) in [6.07, 6.45) is -0.0661. The number of ether oxygens (including phenoxy) is 2. The molecular formula is C17H22N4O5S. The summed E-state index contributed by atoms with van der Waals surface area (Å²) in [6, 6.07) is 4.64. The first-order valence-electron chi connectivity index (χ1n) is 8.11. The number of carbonyl (C=O) groups is 3. The highest BCUT2D eigenvalue weighted by Crippen LogP contribution is 2.23. The predicted molar refractivity (Wildman–Crippen MR) is 103 cm³/mol. The fraction of sp³-hybridized carbons (Fsp3) is 0.412. The number of amides is 2. The molecule has 1 heterocycles. The van der Waals surface area contributed by atoms with Gasteiger partial charge in [0.2, 0.25) is 11.8 Å². The van der Waals surface area contributed by atoms with Crippen molar-refractivity contribution in [2.75, 3.05) is 25.4 Å². The molecule has 1 aromatic carbocycles. The van der Waals surface area contributed by atoms with Gasteiger partial charge in [0.1, 0.15) is 11.0 Å². The Morgan fingerprint density at radius 1 is 1.33 bits per heavy atom. The molecule has 0 aliphatic carbocycles. The Bertz CT molecular complexity index is 818. The average molecular weight is 394 g/mol. The Hall–Kier alpha value is -2.75. The molecular weight excluding hydrogens is 372 g/mol. The van der Waals surface area contributed by atoms with E-state index in [2.05, 4.69) is 20.2 Å². The Morgan fingerprint density at radius 3 is 2.70 bits per heavy atom. The van der Waals surface area contributed by atoms with Gasteiger partial charge in [0.25, 0.3) is 0 Å². The van der Waals surface area contributed by atoms with Gasteiger partial charge >= 0.3 is 5.97 Å². The van der Waals surface area contributed by atoms with Gasteiger partial charge in [0.15, 0.2) is 0 Å². The maximum Gasteiger partial charge on any atom is 0.340 e. The molecule has 0 bridgehead atoms. The van der Waals surface area contributed by atoms with Crippen molar-refractivity contribution in [3.63, 3.8) is 0 Å². The lowest BCUT2D eigenvalue weighted by atomic mass is 10.1. The Labute approximate surface area is 159 Å². The summed E-state index contributed by atoms with van der Waals surface area (Å²) in [5, 5.41) is 8.78. The van der Waals surface area contributed by atoms with E-state index in [-0.39, 0.29) is 23.6 Å². The van der Waals surface area contributed by atoms with Gasteiger partial charge in [-0.3, -0.25) is 9.59 Å². The van der Waals surface area contributed by atoms with Crippen molar-refractivity contribution in [1.29, 1.82) is 0 Å². The molecule has 2 unspecified atom stereocenters. The van der Waals surface area contributed by atoms with E-state index in [1.165, 1.54) is 20.3 Å². The predicted octanol–water partition coefficient (Wildman–Crippen LogP) is 1.46. The number of hydrogen-bond donors (Lipinski definition) is 2. The number of anilines is 1. The fourth-order valence-corrected chi connectivity index (χ4v) is 3.90. The summed E-state index contributed by atoms with van der Waals surface area (Å²) >= 11 is 0. The molecule has 2 atom stereocenters. The molecule has 0 spiro atoms. The second-order valence-electron chi connectivity index (χ2n) is 5.86. The fourth-order valence-electron chi connectivity index (χ4n) is 2.30. The van der Waals surface area contributed by atoms with Crippen LogP contribution in [0.5, 0.6) is 5.75 Å². The van der Waals surface area contributed by atoms with Crippen molar-refractivity contribution in [3.05, 3.63) is 23.8 Å². The lowest BCUT2D eigenvalue weighted by Gasteiger charge is -2.13. The van der Waals surface area contributed by atoms with Gasteiger partial charge < -0.3 is 20.1 Å². The van der Waals surface area contributed by atoms with E-state index in [9.17, 15) is 14.4 Å². The van der Waals surface area contributed by atoms with Crippen LogP contribution < -0.4 is 15.4 Å². The SMILES string of the molecule is COC(=O)c1cc(OC)ccc1NC(=O)CC1C(=O)NC/S1=N\N=C(C)C.